The lowest BCUT2D eigenvalue weighted by molar-refractivity contribution is 0.0748. The molecule has 4 aromatic rings. The molecule has 0 saturated carbocycles. The van der Waals surface area contributed by atoms with Crippen molar-refractivity contribution in [3.8, 4) is 17.0 Å². The number of nitrogens with zero attached hydrogens (tertiary/aromatic N) is 5. The molecule has 3 heterocycles. The Morgan fingerprint density at radius 1 is 1.00 bits per heavy atom. The van der Waals surface area contributed by atoms with Gasteiger partial charge in [-0.25, -0.2) is 9.50 Å². The topological polar surface area (TPSA) is 63.0 Å². The number of benzene rings is 2. The number of aryl methyl sites for hydroxylation is 2. The van der Waals surface area contributed by atoms with Gasteiger partial charge in [-0.1, -0.05) is 12.1 Å². The van der Waals surface area contributed by atoms with E-state index >= 15 is 0 Å². The van der Waals surface area contributed by atoms with Crippen LogP contribution in [0, 0.1) is 13.8 Å². The Kier molecular flexibility index (Phi) is 5.92. The summed E-state index contributed by atoms with van der Waals surface area (Å²) in [6, 6.07) is 16.3. The summed E-state index contributed by atoms with van der Waals surface area (Å²) in [7, 11) is 0. The van der Waals surface area contributed by atoms with Gasteiger partial charge in [0, 0.05) is 43.6 Å². The van der Waals surface area contributed by atoms with E-state index in [-0.39, 0.29) is 5.91 Å². The van der Waals surface area contributed by atoms with Crippen molar-refractivity contribution in [2.24, 2.45) is 0 Å². The van der Waals surface area contributed by atoms with Gasteiger partial charge in [-0.2, -0.15) is 5.10 Å². The number of aromatic nitrogens is 3. The lowest BCUT2D eigenvalue weighted by Crippen LogP contribution is -2.49. The molecule has 1 amide bonds. The maximum absolute atomic E-state index is 13.4. The van der Waals surface area contributed by atoms with Gasteiger partial charge in [0.15, 0.2) is 5.65 Å². The molecule has 34 heavy (non-hydrogen) atoms. The fourth-order valence-corrected chi connectivity index (χ4v) is 4.53. The standard InChI is InChI=1S/C27H29N5O2/c1-4-34-22-9-7-21(8-10-22)24-11-12-28-26-23(18-29-32(24)26)27(33)31-15-13-30(14-16-31)25-17-19(2)5-6-20(25)3/h5-12,17-18H,4,13-16H2,1-3H3. The Balaban J connectivity index is 1.35. The average molecular weight is 456 g/mol. The highest BCUT2D eigenvalue weighted by molar-refractivity contribution is 6.00. The van der Waals surface area contributed by atoms with Gasteiger partial charge in [-0.15, -0.1) is 0 Å². The minimum Gasteiger partial charge on any atom is -0.494 e. The predicted molar refractivity (Wildman–Crippen MR) is 134 cm³/mol. The molecular weight excluding hydrogens is 426 g/mol. The average Bonchev–Trinajstić information content (AvgIpc) is 3.30. The second-order valence-corrected chi connectivity index (χ2v) is 8.65. The van der Waals surface area contributed by atoms with E-state index < -0.39 is 0 Å². The molecule has 5 rings (SSSR count). The van der Waals surface area contributed by atoms with Crippen LogP contribution in [0.3, 0.4) is 0 Å². The molecule has 7 nitrogen and oxygen atoms in total. The smallest absolute Gasteiger partial charge is 0.259 e. The van der Waals surface area contributed by atoms with Crippen molar-refractivity contribution in [3.05, 3.63) is 77.6 Å². The first-order chi connectivity index (χ1) is 16.5. The van der Waals surface area contributed by atoms with Crippen LogP contribution in [0.5, 0.6) is 5.75 Å². The van der Waals surface area contributed by atoms with Gasteiger partial charge < -0.3 is 14.5 Å². The van der Waals surface area contributed by atoms with Gasteiger partial charge in [0.1, 0.15) is 11.3 Å². The molecule has 1 aliphatic heterocycles. The summed E-state index contributed by atoms with van der Waals surface area (Å²) in [4.78, 5) is 22.2. The number of anilines is 1. The zero-order valence-electron chi connectivity index (χ0n) is 19.9. The number of hydrogen-bond acceptors (Lipinski definition) is 5. The molecule has 7 heteroatoms. The Bertz CT molecular complexity index is 1320. The first kappa shape index (κ1) is 21.9. The third kappa shape index (κ3) is 4.09. The van der Waals surface area contributed by atoms with Gasteiger partial charge in [0.05, 0.1) is 18.5 Å². The fourth-order valence-electron chi connectivity index (χ4n) is 4.53. The molecule has 0 spiro atoms. The van der Waals surface area contributed by atoms with Crippen molar-refractivity contribution in [1.29, 1.82) is 0 Å². The molecule has 0 unspecified atom stereocenters. The van der Waals surface area contributed by atoms with Gasteiger partial charge in [-0.3, -0.25) is 4.79 Å². The maximum Gasteiger partial charge on any atom is 0.259 e. The highest BCUT2D eigenvalue weighted by Gasteiger charge is 2.26. The van der Waals surface area contributed by atoms with Crippen molar-refractivity contribution >= 4 is 17.2 Å². The summed E-state index contributed by atoms with van der Waals surface area (Å²) in [6.45, 7) is 9.79. The first-order valence-electron chi connectivity index (χ1n) is 11.7. The van der Waals surface area contributed by atoms with E-state index in [0.717, 1.165) is 30.1 Å². The summed E-state index contributed by atoms with van der Waals surface area (Å²) < 4.78 is 7.29. The fraction of sp³-hybridized carbons (Fsp3) is 0.296. The molecule has 0 atom stereocenters. The van der Waals surface area contributed by atoms with Crippen molar-refractivity contribution in [2.75, 3.05) is 37.7 Å². The molecule has 1 saturated heterocycles. The van der Waals surface area contributed by atoms with Crippen molar-refractivity contribution in [3.63, 3.8) is 0 Å². The van der Waals surface area contributed by atoms with E-state index in [9.17, 15) is 4.79 Å². The molecule has 0 N–H and O–H groups in total. The molecular formula is C27H29N5O2. The van der Waals surface area contributed by atoms with Gasteiger partial charge in [0.2, 0.25) is 0 Å². The maximum atomic E-state index is 13.4. The summed E-state index contributed by atoms with van der Waals surface area (Å²) in [5, 5.41) is 4.52. The zero-order valence-corrected chi connectivity index (χ0v) is 19.9. The predicted octanol–water partition coefficient (Wildman–Crippen LogP) is 4.37. The Morgan fingerprint density at radius 3 is 2.50 bits per heavy atom. The van der Waals surface area contributed by atoms with Crippen LogP contribution in [0.25, 0.3) is 16.9 Å². The van der Waals surface area contributed by atoms with Gasteiger partial charge in [-0.05, 0) is 68.3 Å². The zero-order chi connectivity index (χ0) is 23.7. The summed E-state index contributed by atoms with van der Waals surface area (Å²) in [5.41, 5.74) is 6.75. The SMILES string of the molecule is CCOc1ccc(-c2ccnc3c(C(=O)N4CCN(c5cc(C)ccc5C)CC4)cnn23)cc1. The number of hydrogen-bond donors (Lipinski definition) is 0. The van der Waals surface area contributed by atoms with E-state index in [1.54, 1.807) is 16.9 Å². The monoisotopic (exact) mass is 455 g/mol. The van der Waals surface area contributed by atoms with E-state index in [0.29, 0.717) is 30.9 Å². The van der Waals surface area contributed by atoms with Gasteiger partial charge >= 0.3 is 0 Å². The minimum absolute atomic E-state index is 0.0213. The summed E-state index contributed by atoms with van der Waals surface area (Å²) >= 11 is 0. The quantitative estimate of drug-likeness (QED) is 0.447. The molecule has 2 aromatic carbocycles. The number of carbonyl (C=O) groups is 1. The lowest BCUT2D eigenvalue weighted by Gasteiger charge is -2.36. The Hall–Kier alpha value is -3.87. The normalized spacial score (nSPS) is 14.0. The first-order valence-corrected chi connectivity index (χ1v) is 11.7. The van der Waals surface area contributed by atoms with Crippen LogP contribution in [-0.4, -0.2) is 58.2 Å². The number of piperazine rings is 1. The third-order valence-corrected chi connectivity index (χ3v) is 6.36. The molecule has 1 fully saturated rings. The third-order valence-electron chi connectivity index (χ3n) is 6.36. The Labute approximate surface area is 199 Å². The number of fused-ring (bicyclic) bond motifs is 1. The number of rotatable bonds is 5. The van der Waals surface area contributed by atoms with Crippen LogP contribution in [0.4, 0.5) is 5.69 Å². The molecule has 0 bridgehead atoms. The van der Waals surface area contributed by atoms with Crippen LogP contribution >= 0.6 is 0 Å². The van der Waals surface area contributed by atoms with Crippen LogP contribution in [0.1, 0.15) is 28.4 Å². The van der Waals surface area contributed by atoms with Gasteiger partial charge in [0.25, 0.3) is 5.91 Å². The molecule has 1 aliphatic rings. The molecule has 174 valence electrons. The second-order valence-electron chi connectivity index (χ2n) is 8.65. The van der Waals surface area contributed by atoms with Crippen LogP contribution in [0.2, 0.25) is 0 Å². The molecule has 2 aromatic heterocycles. The van der Waals surface area contributed by atoms with Crippen LogP contribution < -0.4 is 9.64 Å². The highest BCUT2D eigenvalue weighted by Crippen LogP contribution is 2.26. The van der Waals surface area contributed by atoms with E-state index in [4.69, 9.17) is 4.74 Å². The van der Waals surface area contributed by atoms with E-state index in [1.165, 1.54) is 16.8 Å². The lowest BCUT2D eigenvalue weighted by atomic mass is 10.1. The number of amides is 1. The van der Waals surface area contributed by atoms with Crippen molar-refractivity contribution < 1.29 is 9.53 Å². The minimum atomic E-state index is -0.0213. The van der Waals surface area contributed by atoms with E-state index in [1.807, 2.05) is 42.2 Å². The second kappa shape index (κ2) is 9.17. The summed E-state index contributed by atoms with van der Waals surface area (Å²) in [6.07, 6.45) is 3.37. The Morgan fingerprint density at radius 2 is 1.76 bits per heavy atom. The highest BCUT2D eigenvalue weighted by atomic mass is 16.5. The molecule has 0 radical (unpaired) electrons. The van der Waals surface area contributed by atoms with Crippen molar-refractivity contribution in [1.82, 2.24) is 19.5 Å². The van der Waals surface area contributed by atoms with E-state index in [2.05, 4.69) is 47.0 Å². The number of carbonyl (C=O) groups excluding carboxylic acids is 1. The largest absolute Gasteiger partial charge is 0.494 e. The van der Waals surface area contributed by atoms with Crippen molar-refractivity contribution in [2.45, 2.75) is 20.8 Å². The van der Waals surface area contributed by atoms with Crippen LogP contribution in [-0.2, 0) is 0 Å². The van der Waals surface area contributed by atoms with Crippen LogP contribution in [0.15, 0.2) is 60.9 Å². The molecule has 0 aliphatic carbocycles. The number of ether oxygens (including phenoxy) is 1. The summed E-state index contributed by atoms with van der Waals surface area (Å²) in [5.74, 6) is 0.805.